The van der Waals surface area contributed by atoms with E-state index in [0.29, 0.717) is 24.0 Å². The topological polar surface area (TPSA) is 65.4 Å². The fraction of sp³-hybridized carbons (Fsp3) is 0.545. The summed E-state index contributed by atoms with van der Waals surface area (Å²) in [5.41, 5.74) is 4.73. The molecule has 0 saturated carbocycles. The van der Waals surface area contributed by atoms with Crippen LogP contribution in [0.25, 0.3) is 0 Å². The minimum atomic E-state index is -0.0813. The first-order chi connectivity index (χ1) is 13.3. The lowest BCUT2D eigenvalue weighted by molar-refractivity contribution is -0.115. The van der Waals surface area contributed by atoms with E-state index in [-0.39, 0.29) is 18.4 Å². The lowest BCUT2D eigenvalue weighted by atomic mass is 10.1. The molecule has 1 aliphatic heterocycles. The molecule has 6 heteroatoms. The molecule has 1 atom stereocenters. The van der Waals surface area contributed by atoms with E-state index in [1.807, 2.05) is 44.5 Å². The molecule has 0 fully saturated rings. The number of benzene rings is 1. The maximum absolute atomic E-state index is 12.8. The Morgan fingerprint density at radius 3 is 2.82 bits per heavy atom. The van der Waals surface area contributed by atoms with Crippen LogP contribution in [-0.4, -0.2) is 28.4 Å². The Bertz CT molecular complexity index is 870. The van der Waals surface area contributed by atoms with Crippen LogP contribution in [0.1, 0.15) is 50.2 Å². The van der Waals surface area contributed by atoms with Gasteiger partial charge in [0.15, 0.2) is 0 Å². The minimum Gasteiger partial charge on any atom is -0.492 e. The summed E-state index contributed by atoms with van der Waals surface area (Å²) in [5.74, 6) is 1.93. The molecular weight excluding hydrogens is 354 g/mol. The van der Waals surface area contributed by atoms with Crippen LogP contribution >= 0.6 is 0 Å². The minimum absolute atomic E-state index is 0.0813. The van der Waals surface area contributed by atoms with Crippen LogP contribution in [0.2, 0.25) is 0 Å². The van der Waals surface area contributed by atoms with Crippen LogP contribution in [-0.2, 0) is 24.2 Å². The summed E-state index contributed by atoms with van der Waals surface area (Å²) >= 11 is 0. The van der Waals surface area contributed by atoms with Crippen LogP contribution in [0.3, 0.4) is 0 Å². The molecule has 0 saturated heterocycles. The Morgan fingerprint density at radius 1 is 1.39 bits per heavy atom. The Morgan fingerprint density at radius 2 is 2.14 bits per heavy atom. The third-order valence-electron chi connectivity index (χ3n) is 4.98. The molecule has 2 heterocycles. The molecule has 0 bridgehead atoms. The van der Waals surface area contributed by atoms with Crippen molar-refractivity contribution in [2.75, 3.05) is 11.9 Å². The van der Waals surface area contributed by atoms with Gasteiger partial charge in [-0.25, -0.2) is 0 Å². The molecule has 1 unspecified atom stereocenters. The summed E-state index contributed by atoms with van der Waals surface area (Å²) in [7, 11) is 0. The van der Waals surface area contributed by atoms with Crippen molar-refractivity contribution in [2.24, 2.45) is 5.92 Å². The normalized spacial score (nSPS) is 15.5. The fourth-order valence-corrected chi connectivity index (χ4v) is 3.68. The summed E-state index contributed by atoms with van der Waals surface area (Å²) in [6, 6.07) is 3.86. The summed E-state index contributed by atoms with van der Waals surface area (Å²) in [5, 5.41) is 7.62. The smallest absolute Gasteiger partial charge is 0.229 e. The number of aryl methyl sites for hydroxylation is 1. The van der Waals surface area contributed by atoms with Crippen molar-refractivity contribution in [3.8, 4) is 11.5 Å². The molecule has 1 aromatic carbocycles. The van der Waals surface area contributed by atoms with E-state index >= 15 is 0 Å². The van der Waals surface area contributed by atoms with Crippen molar-refractivity contribution in [3.63, 3.8) is 0 Å². The van der Waals surface area contributed by atoms with Crippen LogP contribution in [0.15, 0.2) is 12.1 Å². The van der Waals surface area contributed by atoms with Gasteiger partial charge >= 0.3 is 0 Å². The van der Waals surface area contributed by atoms with Gasteiger partial charge in [0.25, 0.3) is 0 Å². The molecule has 152 valence electrons. The molecule has 28 heavy (non-hydrogen) atoms. The number of aromatic nitrogens is 2. The highest BCUT2D eigenvalue weighted by atomic mass is 16.5. The van der Waals surface area contributed by atoms with Crippen molar-refractivity contribution in [3.05, 3.63) is 34.6 Å². The number of amides is 1. The van der Waals surface area contributed by atoms with Gasteiger partial charge in [-0.3, -0.25) is 9.48 Å². The zero-order valence-corrected chi connectivity index (χ0v) is 17.8. The largest absolute Gasteiger partial charge is 0.492 e. The molecule has 3 rings (SSSR count). The monoisotopic (exact) mass is 385 g/mol. The average molecular weight is 386 g/mol. The molecule has 2 aromatic rings. The van der Waals surface area contributed by atoms with Gasteiger partial charge in [0.1, 0.15) is 17.6 Å². The number of nitrogens with one attached hydrogen (secondary N) is 1. The maximum atomic E-state index is 12.8. The molecule has 1 N–H and O–H groups in total. The van der Waals surface area contributed by atoms with Gasteiger partial charge in [-0.15, -0.1) is 0 Å². The molecule has 0 spiro atoms. The summed E-state index contributed by atoms with van der Waals surface area (Å²) < 4.78 is 13.6. The molecule has 0 radical (unpaired) electrons. The molecular formula is C22H31N3O3. The van der Waals surface area contributed by atoms with E-state index < -0.39 is 0 Å². The zero-order chi connectivity index (χ0) is 20.4. The van der Waals surface area contributed by atoms with Crippen LogP contribution < -0.4 is 14.8 Å². The van der Waals surface area contributed by atoms with Crippen molar-refractivity contribution < 1.29 is 14.3 Å². The second-order valence-electron chi connectivity index (χ2n) is 7.97. The Kier molecular flexibility index (Phi) is 5.96. The van der Waals surface area contributed by atoms with E-state index in [4.69, 9.17) is 9.47 Å². The van der Waals surface area contributed by atoms with Crippen molar-refractivity contribution >= 4 is 11.6 Å². The molecule has 1 aliphatic rings. The van der Waals surface area contributed by atoms with E-state index in [0.717, 1.165) is 41.2 Å². The lowest BCUT2D eigenvalue weighted by Crippen LogP contribution is -2.16. The second kappa shape index (κ2) is 8.25. The SMILES string of the molecule is CCOc1cc2c(cc1NC(=O)Cc1c(C)nn(CC(C)C)c1C)OC(C)C2. The predicted octanol–water partition coefficient (Wildman–Crippen LogP) is 4.06. The fourth-order valence-electron chi connectivity index (χ4n) is 3.68. The predicted molar refractivity (Wildman–Crippen MR) is 110 cm³/mol. The van der Waals surface area contributed by atoms with Gasteiger partial charge in [0, 0.05) is 35.9 Å². The number of hydrogen-bond acceptors (Lipinski definition) is 4. The van der Waals surface area contributed by atoms with Crippen LogP contribution in [0, 0.1) is 19.8 Å². The number of carbonyl (C=O) groups is 1. The van der Waals surface area contributed by atoms with E-state index in [1.54, 1.807) is 0 Å². The number of nitrogens with zero attached hydrogens (tertiary/aromatic N) is 2. The van der Waals surface area contributed by atoms with E-state index in [2.05, 4.69) is 24.3 Å². The van der Waals surface area contributed by atoms with Gasteiger partial charge in [-0.2, -0.15) is 5.10 Å². The van der Waals surface area contributed by atoms with Gasteiger partial charge in [0.05, 0.1) is 24.4 Å². The highest BCUT2D eigenvalue weighted by molar-refractivity contribution is 5.94. The Labute approximate surface area is 167 Å². The Balaban J connectivity index is 1.79. The highest BCUT2D eigenvalue weighted by Gasteiger charge is 2.23. The molecule has 6 nitrogen and oxygen atoms in total. The highest BCUT2D eigenvalue weighted by Crippen LogP contribution is 2.38. The summed E-state index contributed by atoms with van der Waals surface area (Å²) in [4.78, 5) is 12.8. The first-order valence-electron chi connectivity index (χ1n) is 10.1. The standard InChI is InChI=1S/C22H31N3O3/c1-7-27-21-9-17-8-14(4)28-20(17)11-19(21)23-22(26)10-18-15(5)24-25(16(18)6)12-13(2)3/h9,11,13-14H,7-8,10,12H2,1-6H3,(H,23,26). The van der Waals surface area contributed by atoms with Crippen LogP contribution in [0.4, 0.5) is 5.69 Å². The summed E-state index contributed by atoms with van der Waals surface area (Å²) in [6.07, 6.45) is 1.29. The third-order valence-corrected chi connectivity index (χ3v) is 4.98. The number of rotatable bonds is 7. The average Bonchev–Trinajstić information content (AvgIpc) is 3.08. The van der Waals surface area contributed by atoms with Crippen molar-refractivity contribution in [1.29, 1.82) is 0 Å². The van der Waals surface area contributed by atoms with Crippen molar-refractivity contribution in [1.82, 2.24) is 9.78 Å². The number of fused-ring (bicyclic) bond motifs is 1. The molecule has 1 aromatic heterocycles. The maximum Gasteiger partial charge on any atom is 0.229 e. The number of ether oxygens (including phenoxy) is 2. The van der Waals surface area contributed by atoms with Gasteiger partial charge in [0.2, 0.25) is 5.91 Å². The van der Waals surface area contributed by atoms with E-state index in [1.165, 1.54) is 0 Å². The second-order valence-corrected chi connectivity index (χ2v) is 7.97. The van der Waals surface area contributed by atoms with Crippen molar-refractivity contribution in [2.45, 2.75) is 67.0 Å². The number of hydrogen-bond donors (Lipinski definition) is 1. The van der Waals surface area contributed by atoms with E-state index in [9.17, 15) is 4.79 Å². The lowest BCUT2D eigenvalue weighted by Gasteiger charge is -2.14. The first kappa shape index (κ1) is 20.2. The molecule has 1 amide bonds. The van der Waals surface area contributed by atoms with Gasteiger partial charge in [-0.1, -0.05) is 13.8 Å². The molecule has 0 aliphatic carbocycles. The summed E-state index contributed by atoms with van der Waals surface area (Å²) in [6.45, 7) is 13.7. The Hall–Kier alpha value is -2.50. The van der Waals surface area contributed by atoms with Gasteiger partial charge in [-0.05, 0) is 39.7 Å². The number of carbonyl (C=O) groups excluding carboxylic acids is 1. The van der Waals surface area contributed by atoms with Gasteiger partial charge < -0.3 is 14.8 Å². The van der Waals surface area contributed by atoms with Crippen LogP contribution in [0.5, 0.6) is 11.5 Å². The number of anilines is 1. The third kappa shape index (κ3) is 4.32. The zero-order valence-electron chi connectivity index (χ0n) is 17.8. The first-order valence-corrected chi connectivity index (χ1v) is 10.1. The quantitative estimate of drug-likeness (QED) is 0.781.